The molecule has 3 aliphatic rings. The van der Waals surface area contributed by atoms with Gasteiger partial charge >= 0.3 is 0 Å². The van der Waals surface area contributed by atoms with Crippen molar-refractivity contribution in [2.24, 2.45) is 11.8 Å². The third-order valence-electron chi connectivity index (χ3n) is 6.38. The summed E-state index contributed by atoms with van der Waals surface area (Å²) < 4.78 is 11.6. The van der Waals surface area contributed by atoms with E-state index in [1.165, 1.54) is 11.1 Å². The molecule has 2 heterocycles. The molecule has 0 aromatic heterocycles. The van der Waals surface area contributed by atoms with Crippen LogP contribution in [0.25, 0.3) is 0 Å². The zero-order valence-electron chi connectivity index (χ0n) is 18.0. The number of ether oxygens (including phenoxy) is 2. The molecule has 1 aromatic rings. The SMILES string of the molecule is CCOC(OCC)[C@@H]1CSCN1C(=O)[C@H]1NCC(=S)C1C(=O)C1Cc2ccccc2C1. The Bertz CT molecular complexity index is 818. The number of nitrogens with zero attached hydrogens (tertiary/aromatic N) is 1. The van der Waals surface area contributed by atoms with Crippen LogP contribution < -0.4 is 5.32 Å². The number of benzene rings is 1. The Hall–Kier alpha value is -1.32. The van der Waals surface area contributed by atoms with Crippen molar-refractivity contribution in [2.45, 2.75) is 45.1 Å². The van der Waals surface area contributed by atoms with Crippen LogP contribution in [0.3, 0.4) is 0 Å². The standard InChI is InChI=1S/C23H30N2O4S2/c1-3-28-23(29-4-2)17-12-31-13-25(17)22(27)20-19(18(30)11-24-20)21(26)16-9-14-7-5-6-8-15(14)10-16/h5-8,16-17,19-20,23-24H,3-4,9-13H2,1-2H3/t17-,19?,20-/m0/s1. The smallest absolute Gasteiger partial charge is 0.241 e. The number of carbonyl (C=O) groups excluding carboxylic acids is 2. The number of fused-ring (bicyclic) bond motifs is 1. The molecule has 2 saturated heterocycles. The largest absolute Gasteiger partial charge is 0.351 e. The maximum absolute atomic E-state index is 13.6. The fourth-order valence-electron chi connectivity index (χ4n) is 4.88. The predicted molar refractivity (Wildman–Crippen MR) is 125 cm³/mol. The second-order valence-corrected chi connectivity index (χ2v) is 9.76. The van der Waals surface area contributed by atoms with Gasteiger partial charge < -0.3 is 19.7 Å². The first kappa shape index (κ1) is 22.9. The van der Waals surface area contributed by atoms with E-state index in [0.717, 1.165) is 18.6 Å². The molecule has 31 heavy (non-hydrogen) atoms. The van der Waals surface area contributed by atoms with E-state index in [1.54, 1.807) is 11.8 Å². The first-order chi connectivity index (χ1) is 15.0. The van der Waals surface area contributed by atoms with Gasteiger partial charge in [0.05, 0.1) is 17.8 Å². The topological polar surface area (TPSA) is 67.9 Å². The van der Waals surface area contributed by atoms with Crippen molar-refractivity contribution in [3.63, 3.8) is 0 Å². The van der Waals surface area contributed by atoms with E-state index >= 15 is 0 Å². The molecule has 0 bridgehead atoms. The highest BCUT2D eigenvalue weighted by molar-refractivity contribution is 7.99. The number of amides is 1. The summed E-state index contributed by atoms with van der Waals surface area (Å²) >= 11 is 7.25. The van der Waals surface area contributed by atoms with Gasteiger partial charge in [0, 0.05) is 36.3 Å². The van der Waals surface area contributed by atoms with Crippen molar-refractivity contribution in [1.82, 2.24) is 10.2 Å². The van der Waals surface area contributed by atoms with Crippen molar-refractivity contribution >= 4 is 40.5 Å². The summed E-state index contributed by atoms with van der Waals surface area (Å²) in [4.78, 5) is 29.6. The van der Waals surface area contributed by atoms with Crippen LogP contribution in [0.15, 0.2) is 24.3 Å². The third kappa shape index (κ3) is 4.59. The Morgan fingerprint density at radius 2 is 1.84 bits per heavy atom. The lowest BCUT2D eigenvalue weighted by molar-refractivity contribution is -0.174. The summed E-state index contributed by atoms with van der Waals surface area (Å²) in [5, 5.41) is 3.24. The Kier molecular flexibility index (Phi) is 7.44. The monoisotopic (exact) mass is 462 g/mol. The highest BCUT2D eigenvalue weighted by Crippen LogP contribution is 2.33. The molecule has 168 valence electrons. The van der Waals surface area contributed by atoms with Crippen LogP contribution in [-0.4, -0.2) is 71.2 Å². The van der Waals surface area contributed by atoms with Gasteiger partial charge in [-0.15, -0.1) is 11.8 Å². The number of thiocarbonyl (C=S) groups is 1. The van der Waals surface area contributed by atoms with Crippen molar-refractivity contribution in [1.29, 1.82) is 0 Å². The molecule has 3 atom stereocenters. The van der Waals surface area contributed by atoms with Crippen LogP contribution in [0.5, 0.6) is 0 Å². The van der Waals surface area contributed by atoms with Crippen LogP contribution in [-0.2, 0) is 31.9 Å². The average Bonchev–Trinajstić information content (AvgIpc) is 3.50. The van der Waals surface area contributed by atoms with Crippen molar-refractivity contribution in [3.8, 4) is 0 Å². The van der Waals surface area contributed by atoms with Gasteiger partial charge in [0.1, 0.15) is 11.8 Å². The Morgan fingerprint density at radius 1 is 1.19 bits per heavy atom. The summed E-state index contributed by atoms with van der Waals surface area (Å²) in [6.07, 6.45) is 1.00. The molecule has 1 N–H and O–H groups in total. The molecule has 6 nitrogen and oxygen atoms in total. The number of nitrogens with one attached hydrogen (secondary N) is 1. The fourth-order valence-corrected chi connectivity index (χ4v) is 6.41. The van der Waals surface area contributed by atoms with E-state index < -0.39 is 18.2 Å². The van der Waals surface area contributed by atoms with Gasteiger partial charge in [-0.25, -0.2) is 0 Å². The first-order valence-electron chi connectivity index (χ1n) is 11.0. The summed E-state index contributed by atoms with van der Waals surface area (Å²) in [6.45, 7) is 5.30. The van der Waals surface area contributed by atoms with E-state index in [9.17, 15) is 9.59 Å². The number of Topliss-reactive ketones (excluding diaryl/α,β-unsaturated/α-hetero) is 1. The Balaban J connectivity index is 1.49. The van der Waals surface area contributed by atoms with Crippen LogP contribution in [0, 0.1) is 11.8 Å². The lowest BCUT2D eigenvalue weighted by atomic mass is 9.85. The minimum atomic E-state index is -0.603. The van der Waals surface area contributed by atoms with Crippen molar-refractivity contribution in [2.75, 3.05) is 31.4 Å². The highest BCUT2D eigenvalue weighted by atomic mass is 32.2. The molecule has 0 radical (unpaired) electrons. The second kappa shape index (κ2) is 10.1. The summed E-state index contributed by atoms with van der Waals surface area (Å²) in [6, 6.07) is 7.43. The maximum Gasteiger partial charge on any atom is 0.241 e. The van der Waals surface area contributed by atoms with Gasteiger partial charge in [-0.2, -0.15) is 0 Å². The Morgan fingerprint density at radius 3 is 2.45 bits per heavy atom. The minimum Gasteiger partial charge on any atom is -0.351 e. The molecule has 1 unspecified atom stereocenters. The molecular weight excluding hydrogens is 432 g/mol. The van der Waals surface area contributed by atoms with Crippen LogP contribution >= 0.6 is 24.0 Å². The van der Waals surface area contributed by atoms with E-state index in [1.807, 2.05) is 30.9 Å². The van der Waals surface area contributed by atoms with E-state index in [2.05, 4.69) is 17.4 Å². The molecule has 2 fully saturated rings. The number of thioether (sulfide) groups is 1. The average molecular weight is 463 g/mol. The molecule has 8 heteroatoms. The molecule has 2 aliphatic heterocycles. The molecule has 1 aromatic carbocycles. The molecule has 1 amide bonds. The van der Waals surface area contributed by atoms with Crippen LogP contribution in [0.1, 0.15) is 25.0 Å². The maximum atomic E-state index is 13.6. The van der Waals surface area contributed by atoms with Gasteiger partial charge in [0.15, 0.2) is 6.29 Å². The number of carbonyl (C=O) groups is 2. The van der Waals surface area contributed by atoms with E-state index in [4.69, 9.17) is 21.7 Å². The normalized spacial score (nSPS) is 26.1. The van der Waals surface area contributed by atoms with Gasteiger partial charge in [0.2, 0.25) is 5.91 Å². The number of hydrogen-bond donors (Lipinski definition) is 1. The highest BCUT2D eigenvalue weighted by Gasteiger charge is 2.48. The molecule has 4 rings (SSSR count). The zero-order chi connectivity index (χ0) is 22.0. The van der Waals surface area contributed by atoms with Crippen LogP contribution in [0.2, 0.25) is 0 Å². The zero-order valence-corrected chi connectivity index (χ0v) is 19.7. The lowest BCUT2D eigenvalue weighted by Gasteiger charge is -2.33. The second-order valence-electron chi connectivity index (χ2n) is 8.23. The molecule has 0 saturated carbocycles. The molecule has 0 spiro atoms. The fraction of sp³-hybridized carbons (Fsp3) is 0.609. The predicted octanol–water partition coefficient (Wildman–Crippen LogP) is 2.23. The van der Waals surface area contributed by atoms with E-state index in [0.29, 0.717) is 30.5 Å². The minimum absolute atomic E-state index is 0.0758. The third-order valence-corrected chi connectivity index (χ3v) is 7.82. The van der Waals surface area contributed by atoms with Crippen molar-refractivity contribution < 1.29 is 19.1 Å². The van der Waals surface area contributed by atoms with Gasteiger partial charge in [-0.3, -0.25) is 9.59 Å². The van der Waals surface area contributed by atoms with E-state index in [-0.39, 0.29) is 23.7 Å². The number of hydrogen-bond acceptors (Lipinski definition) is 7. The lowest BCUT2D eigenvalue weighted by Crippen LogP contribution is -2.54. The molecular formula is C23H30N2O4S2. The molecule has 1 aliphatic carbocycles. The number of ketones is 1. The number of rotatable bonds is 8. The van der Waals surface area contributed by atoms with Gasteiger partial charge in [0.25, 0.3) is 0 Å². The van der Waals surface area contributed by atoms with Gasteiger partial charge in [-0.1, -0.05) is 36.5 Å². The summed E-state index contributed by atoms with van der Waals surface area (Å²) in [5.41, 5.74) is 2.46. The first-order valence-corrected chi connectivity index (χ1v) is 12.6. The Labute approximate surface area is 193 Å². The van der Waals surface area contributed by atoms with Gasteiger partial charge in [-0.05, 0) is 37.8 Å². The quantitative estimate of drug-likeness (QED) is 0.469. The van der Waals surface area contributed by atoms with Crippen molar-refractivity contribution in [3.05, 3.63) is 35.4 Å². The summed E-state index contributed by atoms with van der Waals surface area (Å²) in [5.74, 6) is 0.683. The van der Waals surface area contributed by atoms with Crippen LogP contribution in [0.4, 0.5) is 0 Å². The summed E-state index contributed by atoms with van der Waals surface area (Å²) in [7, 11) is 0.